The molecule has 0 amide bonds. The van der Waals surface area contributed by atoms with Crippen molar-refractivity contribution >= 4 is 0 Å². The van der Waals surface area contributed by atoms with Crippen LogP contribution in [0.4, 0.5) is 0 Å². The highest BCUT2D eigenvalue weighted by atomic mass is 16.7. The van der Waals surface area contributed by atoms with Crippen LogP contribution < -0.4 is 0 Å². The van der Waals surface area contributed by atoms with Gasteiger partial charge in [0.05, 0.1) is 17.7 Å². The summed E-state index contributed by atoms with van der Waals surface area (Å²) in [5.74, 6) is 0. The van der Waals surface area contributed by atoms with Crippen molar-refractivity contribution in [3.63, 3.8) is 0 Å². The molecule has 0 N–H and O–H groups in total. The highest BCUT2D eigenvalue weighted by Crippen LogP contribution is 2.50. The van der Waals surface area contributed by atoms with Gasteiger partial charge in [-0.2, -0.15) is 5.06 Å². The van der Waals surface area contributed by atoms with Crippen LogP contribution >= 0.6 is 0 Å². The van der Waals surface area contributed by atoms with E-state index in [0.29, 0.717) is 0 Å². The number of hydroxylamine groups is 2. The maximum atomic E-state index is 5.66. The number of rotatable bonds is 4. The Kier molecular flexibility index (Phi) is 2.50. The van der Waals surface area contributed by atoms with Crippen LogP contribution in [0.15, 0.2) is 0 Å². The summed E-state index contributed by atoms with van der Waals surface area (Å²) in [7, 11) is 0. The van der Waals surface area contributed by atoms with E-state index in [1.807, 2.05) is 0 Å². The molecule has 1 heterocycles. The standard InChI is InChI=1S/C10H21NO/c1-6-7-8-12-11-9(2,3)10(11,4)5/h6-8H2,1-5H3. The Balaban J connectivity index is 2.29. The molecule has 0 bridgehead atoms. The van der Waals surface area contributed by atoms with Crippen molar-refractivity contribution in [1.82, 2.24) is 5.06 Å². The second-order valence-corrected chi connectivity index (χ2v) is 4.60. The van der Waals surface area contributed by atoms with E-state index in [1.54, 1.807) is 0 Å². The van der Waals surface area contributed by atoms with E-state index < -0.39 is 0 Å². The van der Waals surface area contributed by atoms with Crippen molar-refractivity contribution in [2.75, 3.05) is 6.61 Å². The van der Waals surface area contributed by atoms with Gasteiger partial charge in [0.25, 0.3) is 0 Å². The Morgan fingerprint density at radius 2 is 1.58 bits per heavy atom. The van der Waals surface area contributed by atoms with E-state index in [-0.39, 0.29) is 11.1 Å². The van der Waals surface area contributed by atoms with Crippen LogP contribution in [-0.4, -0.2) is 22.7 Å². The number of nitrogens with zero attached hydrogens (tertiary/aromatic N) is 1. The Morgan fingerprint density at radius 3 is 1.92 bits per heavy atom. The molecule has 12 heavy (non-hydrogen) atoms. The van der Waals surface area contributed by atoms with Gasteiger partial charge in [0.15, 0.2) is 0 Å². The first-order chi connectivity index (χ1) is 5.44. The molecule has 2 nitrogen and oxygen atoms in total. The number of unbranched alkanes of at least 4 members (excludes halogenated alkanes) is 1. The molecule has 0 atom stereocenters. The third kappa shape index (κ3) is 1.38. The smallest absolute Gasteiger partial charge is 0.0685 e. The molecule has 1 saturated heterocycles. The first-order valence-corrected chi connectivity index (χ1v) is 4.88. The van der Waals surface area contributed by atoms with Gasteiger partial charge >= 0.3 is 0 Å². The molecule has 1 rings (SSSR count). The minimum Gasteiger partial charge on any atom is -0.298 e. The van der Waals surface area contributed by atoms with Gasteiger partial charge in [0.2, 0.25) is 0 Å². The fourth-order valence-corrected chi connectivity index (χ4v) is 1.50. The molecule has 1 aliphatic rings. The van der Waals surface area contributed by atoms with Gasteiger partial charge in [-0.05, 0) is 34.1 Å². The van der Waals surface area contributed by atoms with Gasteiger partial charge in [-0.1, -0.05) is 13.3 Å². The van der Waals surface area contributed by atoms with Gasteiger partial charge in [-0.15, -0.1) is 0 Å². The first kappa shape index (κ1) is 10.0. The quantitative estimate of drug-likeness (QED) is 0.476. The molecule has 72 valence electrons. The fourth-order valence-electron chi connectivity index (χ4n) is 1.50. The van der Waals surface area contributed by atoms with Crippen LogP contribution in [0.2, 0.25) is 0 Å². The van der Waals surface area contributed by atoms with E-state index in [0.717, 1.165) is 13.0 Å². The lowest BCUT2D eigenvalue weighted by atomic mass is 10.0. The Labute approximate surface area is 75.8 Å². The van der Waals surface area contributed by atoms with Gasteiger partial charge in [-0.25, -0.2) is 0 Å². The molecule has 0 aromatic heterocycles. The molecular formula is C10H21NO. The van der Waals surface area contributed by atoms with Crippen LogP contribution in [0.1, 0.15) is 47.5 Å². The minimum atomic E-state index is 0.223. The summed E-state index contributed by atoms with van der Waals surface area (Å²) in [6.45, 7) is 11.9. The van der Waals surface area contributed by atoms with Crippen molar-refractivity contribution in [1.29, 1.82) is 0 Å². The Morgan fingerprint density at radius 1 is 1.08 bits per heavy atom. The molecule has 2 heteroatoms. The van der Waals surface area contributed by atoms with Crippen molar-refractivity contribution in [2.24, 2.45) is 0 Å². The average molecular weight is 171 g/mol. The first-order valence-electron chi connectivity index (χ1n) is 4.88. The number of hydrogen-bond acceptors (Lipinski definition) is 2. The lowest BCUT2D eigenvalue weighted by Crippen LogP contribution is -2.10. The molecule has 0 spiro atoms. The van der Waals surface area contributed by atoms with Crippen LogP contribution in [-0.2, 0) is 4.84 Å². The lowest BCUT2D eigenvalue weighted by molar-refractivity contribution is -0.105. The summed E-state index contributed by atoms with van der Waals surface area (Å²) in [4.78, 5) is 5.66. The third-order valence-electron chi connectivity index (χ3n) is 3.18. The molecular weight excluding hydrogens is 150 g/mol. The maximum absolute atomic E-state index is 5.66. The average Bonchev–Trinajstić information content (AvgIpc) is 2.32. The van der Waals surface area contributed by atoms with Crippen LogP contribution in [0, 0.1) is 0 Å². The van der Waals surface area contributed by atoms with E-state index in [2.05, 4.69) is 39.7 Å². The van der Waals surface area contributed by atoms with Crippen molar-refractivity contribution in [3.05, 3.63) is 0 Å². The predicted molar refractivity (Wildman–Crippen MR) is 50.9 cm³/mol. The van der Waals surface area contributed by atoms with Crippen LogP contribution in [0.3, 0.4) is 0 Å². The third-order valence-corrected chi connectivity index (χ3v) is 3.18. The zero-order chi connectivity index (χ0) is 9.41. The second-order valence-electron chi connectivity index (χ2n) is 4.60. The summed E-state index contributed by atoms with van der Waals surface area (Å²) in [5.41, 5.74) is 0.446. The predicted octanol–water partition coefficient (Wildman–Crippen LogP) is 2.59. The molecule has 0 aromatic carbocycles. The number of hydrogen-bond donors (Lipinski definition) is 0. The van der Waals surface area contributed by atoms with Gasteiger partial charge < -0.3 is 0 Å². The summed E-state index contributed by atoms with van der Waals surface area (Å²) in [5, 5.41) is 2.11. The SMILES string of the molecule is CCCCON1C(C)(C)C1(C)C. The van der Waals surface area contributed by atoms with Gasteiger partial charge in [-0.3, -0.25) is 4.84 Å². The molecule has 1 fully saturated rings. The van der Waals surface area contributed by atoms with Crippen molar-refractivity contribution in [3.8, 4) is 0 Å². The van der Waals surface area contributed by atoms with E-state index >= 15 is 0 Å². The molecule has 0 saturated carbocycles. The largest absolute Gasteiger partial charge is 0.298 e. The van der Waals surface area contributed by atoms with Crippen molar-refractivity contribution in [2.45, 2.75) is 58.5 Å². The van der Waals surface area contributed by atoms with Crippen LogP contribution in [0.5, 0.6) is 0 Å². The summed E-state index contributed by atoms with van der Waals surface area (Å²) in [6.07, 6.45) is 2.36. The molecule has 1 aliphatic heterocycles. The van der Waals surface area contributed by atoms with Crippen molar-refractivity contribution < 1.29 is 4.84 Å². The Hall–Kier alpha value is -0.0800. The second kappa shape index (κ2) is 3.00. The lowest BCUT2D eigenvalue weighted by Gasteiger charge is -2.06. The van der Waals surface area contributed by atoms with Gasteiger partial charge in [0.1, 0.15) is 0 Å². The van der Waals surface area contributed by atoms with E-state index in [4.69, 9.17) is 4.84 Å². The summed E-state index contributed by atoms with van der Waals surface area (Å²) >= 11 is 0. The summed E-state index contributed by atoms with van der Waals surface area (Å²) < 4.78 is 0. The van der Waals surface area contributed by atoms with E-state index in [1.165, 1.54) is 6.42 Å². The molecule has 0 unspecified atom stereocenters. The highest BCUT2D eigenvalue weighted by Gasteiger charge is 2.64. The van der Waals surface area contributed by atoms with E-state index in [9.17, 15) is 0 Å². The zero-order valence-electron chi connectivity index (χ0n) is 8.98. The fraction of sp³-hybridized carbons (Fsp3) is 1.00. The molecule has 0 aliphatic carbocycles. The topological polar surface area (TPSA) is 12.2 Å². The maximum Gasteiger partial charge on any atom is 0.0685 e. The monoisotopic (exact) mass is 171 g/mol. The highest BCUT2D eigenvalue weighted by molar-refractivity contribution is 5.15. The van der Waals surface area contributed by atoms with Gasteiger partial charge in [0, 0.05) is 0 Å². The Bertz CT molecular complexity index is 149. The summed E-state index contributed by atoms with van der Waals surface area (Å²) in [6, 6.07) is 0. The van der Waals surface area contributed by atoms with Crippen LogP contribution in [0.25, 0.3) is 0 Å². The molecule has 0 aromatic rings. The zero-order valence-corrected chi connectivity index (χ0v) is 8.98. The normalized spacial score (nSPS) is 25.8. The molecule has 0 radical (unpaired) electrons. The minimum absolute atomic E-state index is 0.223.